The van der Waals surface area contributed by atoms with Crippen LogP contribution in [0.3, 0.4) is 0 Å². The van der Waals surface area contributed by atoms with Gasteiger partial charge in [0.25, 0.3) is 0 Å². The van der Waals surface area contributed by atoms with Gasteiger partial charge in [0.15, 0.2) is 0 Å². The van der Waals surface area contributed by atoms with Crippen molar-refractivity contribution in [3.05, 3.63) is 261 Å². The Kier molecular flexibility index (Phi) is 8.90. The number of para-hydroxylation sites is 4. The number of nitrogens with zero attached hydrogens (tertiary/aromatic N) is 3. The first kappa shape index (κ1) is 39.0. The van der Waals surface area contributed by atoms with E-state index in [-0.39, 0.29) is 0 Å². The second-order valence-electron chi connectivity index (χ2n) is 18.1. The minimum Gasteiger partial charge on any atom is -0.309 e. The molecule has 0 saturated carbocycles. The maximum absolute atomic E-state index is 2.46. The highest BCUT2D eigenvalue weighted by molar-refractivity contribution is 6.14. The molecule has 69 heavy (non-hydrogen) atoms. The quantitative estimate of drug-likeness (QED) is 0.152. The molecule has 0 atom stereocenters. The maximum atomic E-state index is 2.46. The Hall–Kier alpha value is -9.18. The molecule has 0 spiro atoms. The summed E-state index contributed by atoms with van der Waals surface area (Å²) >= 11 is 0. The summed E-state index contributed by atoms with van der Waals surface area (Å²) in [5.74, 6) is 0. The van der Waals surface area contributed by atoms with Crippen LogP contribution in [0.2, 0.25) is 0 Å². The zero-order valence-corrected chi connectivity index (χ0v) is 37.7. The molecule has 0 aliphatic rings. The second kappa shape index (κ2) is 15.7. The Morgan fingerprint density at radius 1 is 0.188 bits per heavy atom. The van der Waals surface area contributed by atoms with Gasteiger partial charge in [0.2, 0.25) is 0 Å². The standard InChI is InChI=1S/C66H43N3/c1-4-17-44(18-5-1)46-31-35-64-58(40-46)59-41-47(45-19-6-2-7-20-45)32-36-65(59)68(64)52-24-16-21-50(39-52)53-25-10-13-28-60(53)69-62-30-15-12-27-55(62)57-43-49(34-38-66(57)69)48-33-37-63-56(42-48)54-26-11-14-29-61(54)67(63)51-22-8-3-9-23-51/h1-43H. The lowest BCUT2D eigenvalue weighted by atomic mass is 10.0. The molecule has 14 aromatic rings. The smallest absolute Gasteiger partial charge is 0.0541 e. The van der Waals surface area contributed by atoms with Gasteiger partial charge in [-0.25, -0.2) is 0 Å². The van der Waals surface area contributed by atoms with Crippen molar-refractivity contribution in [1.29, 1.82) is 0 Å². The van der Waals surface area contributed by atoms with E-state index in [0.29, 0.717) is 0 Å². The van der Waals surface area contributed by atoms with Crippen molar-refractivity contribution in [2.45, 2.75) is 0 Å². The summed E-state index contributed by atoms with van der Waals surface area (Å²) in [5.41, 5.74) is 20.1. The number of rotatable bonds is 7. The first-order valence-electron chi connectivity index (χ1n) is 23.8. The van der Waals surface area contributed by atoms with Crippen molar-refractivity contribution in [2.24, 2.45) is 0 Å². The number of hydrogen-bond donors (Lipinski definition) is 0. The highest BCUT2D eigenvalue weighted by atomic mass is 15.0. The summed E-state index contributed by atoms with van der Waals surface area (Å²) in [5, 5.41) is 7.43. The molecular weight excluding hydrogens is 835 g/mol. The van der Waals surface area contributed by atoms with Gasteiger partial charge in [-0.3, -0.25) is 0 Å². The maximum Gasteiger partial charge on any atom is 0.0541 e. The molecule has 0 aliphatic carbocycles. The van der Waals surface area contributed by atoms with Crippen LogP contribution in [0.1, 0.15) is 0 Å². The predicted molar refractivity (Wildman–Crippen MR) is 291 cm³/mol. The van der Waals surface area contributed by atoms with E-state index in [1.165, 1.54) is 110 Å². The molecule has 11 aromatic carbocycles. The molecule has 0 unspecified atom stereocenters. The summed E-state index contributed by atoms with van der Waals surface area (Å²) in [7, 11) is 0. The second-order valence-corrected chi connectivity index (χ2v) is 18.1. The molecule has 3 aromatic heterocycles. The van der Waals surface area contributed by atoms with E-state index in [2.05, 4.69) is 275 Å². The molecule has 3 heterocycles. The van der Waals surface area contributed by atoms with Crippen LogP contribution >= 0.6 is 0 Å². The van der Waals surface area contributed by atoms with E-state index in [9.17, 15) is 0 Å². The number of fused-ring (bicyclic) bond motifs is 9. The van der Waals surface area contributed by atoms with Gasteiger partial charge in [-0.05, 0) is 130 Å². The Labute approximate surface area is 399 Å². The van der Waals surface area contributed by atoms with Crippen LogP contribution in [0.5, 0.6) is 0 Å². The fourth-order valence-corrected chi connectivity index (χ4v) is 11.1. The highest BCUT2D eigenvalue weighted by Gasteiger charge is 2.20. The van der Waals surface area contributed by atoms with Gasteiger partial charge in [0.05, 0.1) is 38.8 Å². The van der Waals surface area contributed by atoms with Gasteiger partial charge < -0.3 is 13.7 Å². The van der Waals surface area contributed by atoms with Crippen molar-refractivity contribution in [3.8, 4) is 61.6 Å². The molecule has 0 radical (unpaired) electrons. The average Bonchev–Trinajstić information content (AvgIpc) is 4.06. The van der Waals surface area contributed by atoms with Gasteiger partial charge in [-0.1, -0.05) is 170 Å². The third-order valence-electron chi connectivity index (χ3n) is 14.2. The van der Waals surface area contributed by atoms with Crippen LogP contribution in [0, 0.1) is 0 Å². The van der Waals surface area contributed by atoms with Gasteiger partial charge in [0, 0.05) is 49.3 Å². The van der Waals surface area contributed by atoms with E-state index in [0.717, 1.165) is 16.9 Å². The molecule has 0 N–H and O–H groups in total. The zero-order chi connectivity index (χ0) is 45.4. The van der Waals surface area contributed by atoms with Gasteiger partial charge in [-0.15, -0.1) is 0 Å². The molecule has 0 saturated heterocycles. The average molecular weight is 878 g/mol. The minimum absolute atomic E-state index is 1.12. The van der Waals surface area contributed by atoms with E-state index < -0.39 is 0 Å². The molecule has 3 nitrogen and oxygen atoms in total. The number of hydrogen-bond acceptors (Lipinski definition) is 0. The van der Waals surface area contributed by atoms with Crippen LogP contribution in [0.25, 0.3) is 127 Å². The van der Waals surface area contributed by atoms with E-state index >= 15 is 0 Å². The van der Waals surface area contributed by atoms with Crippen molar-refractivity contribution < 1.29 is 0 Å². The Bertz CT molecular complexity index is 4190. The lowest BCUT2D eigenvalue weighted by Crippen LogP contribution is -1.98. The summed E-state index contributed by atoms with van der Waals surface area (Å²) < 4.78 is 7.29. The van der Waals surface area contributed by atoms with Crippen LogP contribution in [0.4, 0.5) is 0 Å². The van der Waals surface area contributed by atoms with Gasteiger partial charge >= 0.3 is 0 Å². The van der Waals surface area contributed by atoms with Crippen LogP contribution in [0.15, 0.2) is 261 Å². The highest BCUT2D eigenvalue weighted by Crippen LogP contribution is 2.42. The van der Waals surface area contributed by atoms with Crippen molar-refractivity contribution in [1.82, 2.24) is 13.7 Å². The van der Waals surface area contributed by atoms with Crippen LogP contribution in [-0.4, -0.2) is 13.7 Å². The third-order valence-corrected chi connectivity index (χ3v) is 14.2. The predicted octanol–water partition coefficient (Wildman–Crippen LogP) is 17.6. The monoisotopic (exact) mass is 877 g/mol. The third kappa shape index (κ3) is 6.29. The minimum atomic E-state index is 1.12. The van der Waals surface area contributed by atoms with E-state index in [1.54, 1.807) is 0 Å². The molecule has 14 rings (SSSR count). The van der Waals surface area contributed by atoms with Crippen molar-refractivity contribution in [2.75, 3.05) is 0 Å². The number of aromatic nitrogens is 3. The topological polar surface area (TPSA) is 14.8 Å². The van der Waals surface area contributed by atoms with E-state index in [1.807, 2.05) is 0 Å². The SMILES string of the molecule is c1ccc(-c2ccc3c(c2)c2cc(-c4ccccc4)ccc2n3-c2cccc(-c3ccccc3-n3c4ccccc4c4cc(-c5ccc6c(c5)c5ccccc5n6-c5ccccc5)ccc43)c2)cc1. The Morgan fingerprint density at radius 3 is 1.10 bits per heavy atom. The van der Waals surface area contributed by atoms with Crippen LogP contribution < -0.4 is 0 Å². The van der Waals surface area contributed by atoms with Crippen molar-refractivity contribution in [3.63, 3.8) is 0 Å². The summed E-state index contributed by atoms with van der Waals surface area (Å²) in [6.45, 7) is 0. The lowest BCUT2D eigenvalue weighted by Gasteiger charge is -2.16. The summed E-state index contributed by atoms with van der Waals surface area (Å²) in [4.78, 5) is 0. The molecule has 0 aliphatic heterocycles. The summed E-state index contributed by atoms with van der Waals surface area (Å²) in [6, 6.07) is 95.5. The fraction of sp³-hybridized carbons (Fsp3) is 0. The Morgan fingerprint density at radius 2 is 0.551 bits per heavy atom. The largest absolute Gasteiger partial charge is 0.309 e. The molecule has 0 amide bonds. The number of benzene rings is 11. The fourth-order valence-electron chi connectivity index (χ4n) is 11.1. The van der Waals surface area contributed by atoms with E-state index in [4.69, 9.17) is 0 Å². The molecule has 3 heteroatoms. The normalized spacial score (nSPS) is 11.8. The first-order chi connectivity index (χ1) is 34.2. The van der Waals surface area contributed by atoms with Crippen molar-refractivity contribution >= 4 is 65.4 Å². The lowest BCUT2D eigenvalue weighted by molar-refractivity contribution is 1.17. The molecule has 0 fully saturated rings. The molecule has 0 bridgehead atoms. The molecule has 322 valence electrons. The van der Waals surface area contributed by atoms with Crippen LogP contribution in [-0.2, 0) is 0 Å². The van der Waals surface area contributed by atoms with Gasteiger partial charge in [0.1, 0.15) is 0 Å². The summed E-state index contributed by atoms with van der Waals surface area (Å²) in [6.07, 6.45) is 0. The first-order valence-corrected chi connectivity index (χ1v) is 23.8. The molecular formula is C66H43N3. The van der Waals surface area contributed by atoms with Gasteiger partial charge in [-0.2, -0.15) is 0 Å². The zero-order valence-electron chi connectivity index (χ0n) is 37.7. The Balaban J connectivity index is 0.907.